The van der Waals surface area contributed by atoms with Crippen LogP contribution in [0.4, 0.5) is 0 Å². The molecule has 0 spiro atoms. The average molecular weight is 465 g/mol. The van der Waals surface area contributed by atoms with Gasteiger partial charge in [-0.15, -0.1) is 0 Å². The summed E-state index contributed by atoms with van der Waals surface area (Å²) in [5.41, 5.74) is 0.872. The Morgan fingerprint density at radius 2 is 1.46 bits per heavy atom. The number of nitriles is 1. The maximum absolute atomic E-state index is 10.5. The van der Waals surface area contributed by atoms with Gasteiger partial charge >= 0.3 is 98.3 Å². The van der Waals surface area contributed by atoms with E-state index in [0.29, 0.717) is 0 Å². The Balaban J connectivity index is 0.000000481. The Kier molecular flexibility index (Phi) is 16.7. The summed E-state index contributed by atoms with van der Waals surface area (Å²) >= 11 is -0.839. The van der Waals surface area contributed by atoms with Crippen molar-refractivity contribution in [2.75, 3.05) is 0 Å². The number of unbranched alkanes of at least 4 members (excludes halogenated alkanes) is 3. The van der Waals surface area contributed by atoms with E-state index < -0.39 is 31.6 Å². The summed E-state index contributed by atoms with van der Waals surface area (Å²) in [5.74, 6) is -2.01. The van der Waals surface area contributed by atoms with E-state index in [1.165, 1.54) is 38.5 Å². The van der Waals surface area contributed by atoms with Crippen LogP contribution in [0, 0.1) is 17.2 Å². The van der Waals surface area contributed by atoms with Crippen molar-refractivity contribution in [2.24, 2.45) is 5.92 Å². The number of nitrogens with zero attached hydrogens (tertiary/aromatic N) is 1. The van der Waals surface area contributed by atoms with Gasteiger partial charge in [-0.2, -0.15) is 5.26 Å². The minimum absolute atomic E-state index is 0.271. The van der Waals surface area contributed by atoms with Gasteiger partial charge in [0.25, 0.3) is 0 Å². The van der Waals surface area contributed by atoms with Gasteiger partial charge in [0.1, 0.15) is 5.92 Å². The Bertz CT molecular complexity index is 480. The first-order valence-electron chi connectivity index (χ1n) is 10.1. The van der Waals surface area contributed by atoms with Crippen molar-refractivity contribution in [2.45, 2.75) is 79.0 Å². The summed E-state index contributed by atoms with van der Waals surface area (Å²) in [5, 5.41) is 17.1. The van der Waals surface area contributed by atoms with E-state index in [1.807, 2.05) is 30.3 Å². The van der Waals surface area contributed by atoms with E-state index in [9.17, 15) is 4.79 Å². The fourth-order valence-electron chi connectivity index (χ4n) is 2.69. The van der Waals surface area contributed by atoms with Gasteiger partial charge in [-0.05, 0) is 12.0 Å². The van der Waals surface area contributed by atoms with Crippen LogP contribution >= 0.6 is 0 Å². The third-order valence-corrected chi connectivity index (χ3v) is 13.5. The van der Waals surface area contributed by atoms with Gasteiger partial charge < -0.3 is 5.11 Å². The molecule has 1 atom stereocenters. The first-order chi connectivity index (χ1) is 12.6. The number of aliphatic carboxylic acids is 1. The van der Waals surface area contributed by atoms with Gasteiger partial charge in [0.15, 0.2) is 0 Å². The Hall–Kier alpha value is -1.02. The Morgan fingerprint density at radius 1 is 1.00 bits per heavy atom. The molecular weight excluding hydrogens is 429 g/mol. The summed E-state index contributed by atoms with van der Waals surface area (Å²) in [7, 11) is 0. The number of carbonyl (C=O) groups is 1. The quantitative estimate of drug-likeness (QED) is 0.367. The summed E-state index contributed by atoms with van der Waals surface area (Å²) in [6, 6.07) is 10.9. The SMILES string of the molecule is CCC[CH2][Sn]([CH2]CCC)[CH2]CCC.N#CC(Cc1ccccc1)C(=O)O. The molecule has 1 radical (unpaired) electrons. The molecule has 26 heavy (non-hydrogen) atoms. The second kappa shape index (κ2) is 17.4. The third kappa shape index (κ3) is 13.2. The number of carboxylic acids is 1. The van der Waals surface area contributed by atoms with Crippen LogP contribution in [0.1, 0.15) is 64.9 Å². The standard InChI is InChI=1S/C10H9NO2.3C4H9.Sn/c11-7-9(10(12)13)6-8-4-2-1-3-5-8;3*1-3-4-2;/h1-5,9H,6H2,(H,12,13);3*1,3-4H2,2H3;. The molecule has 145 valence electrons. The molecule has 0 fully saturated rings. The largest absolute Gasteiger partial charge is 0.480 e. The molecule has 1 aromatic carbocycles. The van der Waals surface area contributed by atoms with Gasteiger partial charge in [-0.3, -0.25) is 4.79 Å². The number of carboxylic acid groups (broad SMARTS) is 1. The summed E-state index contributed by atoms with van der Waals surface area (Å²) in [4.78, 5) is 10.5. The minimum Gasteiger partial charge on any atom is -0.480 e. The van der Waals surface area contributed by atoms with E-state index >= 15 is 0 Å². The number of hydrogen-bond acceptors (Lipinski definition) is 2. The van der Waals surface area contributed by atoms with Crippen molar-refractivity contribution in [1.29, 1.82) is 5.26 Å². The van der Waals surface area contributed by atoms with Gasteiger partial charge in [0, 0.05) is 0 Å². The Morgan fingerprint density at radius 3 is 1.81 bits per heavy atom. The summed E-state index contributed by atoms with van der Waals surface area (Å²) in [6.07, 6.45) is 9.12. The smallest absolute Gasteiger partial charge is 0.321 e. The second-order valence-electron chi connectivity index (χ2n) is 6.77. The van der Waals surface area contributed by atoms with Crippen molar-refractivity contribution < 1.29 is 9.90 Å². The second-order valence-corrected chi connectivity index (χ2v) is 15.3. The number of benzene rings is 1. The molecule has 1 N–H and O–H groups in total. The molecule has 0 amide bonds. The van der Waals surface area contributed by atoms with E-state index in [2.05, 4.69) is 20.8 Å². The zero-order chi connectivity index (χ0) is 19.6. The zero-order valence-corrected chi connectivity index (χ0v) is 19.7. The van der Waals surface area contributed by atoms with Crippen LogP contribution in [0.15, 0.2) is 30.3 Å². The fraction of sp³-hybridized carbons (Fsp3) is 0.636. The van der Waals surface area contributed by atoms with E-state index in [-0.39, 0.29) is 6.42 Å². The molecular formula is C22H36NO2Sn. The molecule has 0 saturated heterocycles. The first kappa shape index (κ1) is 25.0. The van der Waals surface area contributed by atoms with Crippen LogP contribution in [0.5, 0.6) is 0 Å². The van der Waals surface area contributed by atoms with Crippen LogP contribution < -0.4 is 0 Å². The van der Waals surface area contributed by atoms with E-state index in [0.717, 1.165) is 5.56 Å². The average Bonchev–Trinajstić information content (AvgIpc) is 2.66. The van der Waals surface area contributed by atoms with Crippen LogP contribution in [-0.2, 0) is 11.2 Å². The third-order valence-electron chi connectivity index (χ3n) is 4.39. The maximum Gasteiger partial charge on any atom is 0.321 e. The normalized spacial score (nSPS) is 11.3. The molecule has 0 aromatic heterocycles. The number of rotatable bonds is 12. The molecule has 0 aliphatic rings. The van der Waals surface area contributed by atoms with E-state index in [1.54, 1.807) is 19.4 Å². The van der Waals surface area contributed by atoms with Crippen molar-refractivity contribution in [3.8, 4) is 6.07 Å². The van der Waals surface area contributed by atoms with Gasteiger partial charge in [0.05, 0.1) is 6.07 Å². The van der Waals surface area contributed by atoms with Crippen LogP contribution in [0.25, 0.3) is 0 Å². The van der Waals surface area contributed by atoms with Crippen molar-refractivity contribution in [3.63, 3.8) is 0 Å². The topological polar surface area (TPSA) is 61.1 Å². The molecule has 1 rings (SSSR count). The molecule has 3 nitrogen and oxygen atoms in total. The molecule has 0 aliphatic carbocycles. The van der Waals surface area contributed by atoms with Gasteiger partial charge in [-0.1, -0.05) is 30.3 Å². The van der Waals surface area contributed by atoms with Crippen LogP contribution in [-0.4, -0.2) is 30.8 Å². The van der Waals surface area contributed by atoms with Crippen LogP contribution in [0.3, 0.4) is 0 Å². The molecule has 0 bridgehead atoms. The number of hydrogen-bond donors (Lipinski definition) is 1. The maximum atomic E-state index is 10.5. The molecule has 1 unspecified atom stereocenters. The minimum atomic E-state index is -1.06. The first-order valence-corrected chi connectivity index (χ1v) is 16.1. The van der Waals surface area contributed by atoms with E-state index in [4.69, 9.17) is 10.4 Å². The van der Waals surface area contributed by atoms with Crippen molar-refractivity contribution >= 4 is 25.7 Å². The predicted molar refractivity (Wildman–Crippen MR) is 112 cm³/mol. The van der Waals surface area contributed by atoms with Gasteiger partial charge in [-0.25, -0.2) is 0 Å². The van der Waals surface area contributed by atoms with Gasteiger partial charge in [0.2, 0.25) is 0 Å². The van der Waals surface area contributed by atoms with Crippen molar-refractivity contribution in [1.82, 2.24) is 0 Å². The Labute approximate surface area is 167 Å². The summed E-state index contributed by atoms with van der Waals surface area (Å²) < 4.78 is 5.04. The molecule has 4 heteroatoms. The predicted octanol–water partition coefficient (Wildman–Crippen LogP) is 6.33. The summed E-state index contributed by atoms with van der Waals surface area (Å²) in [6.45, 7) is 7.00. The zero-order valence-electron chi connectivity index (χ0n) is 16.8. The van der Waals surface area contributed by atoms with Crippen LogP contribution in [0.2, 0.25) is 13.3 Å². The molecule has 0 aliphatic heterocycles. The van der Waals surface area contributed by atoms with Crippen molar-refractivity contribution in [3.05, 3.63) is 35.9 Å². The fourth-order valence-corrected chi connectivity index (χ4v) is 12.1. The molecule has 1 aromatic rings. The monoisotopic (exact) mass is 466 g/mol. The molecule has 0 heterocycles. The molecule has 0 saturated carbocycles.